The number of nitrogens with two attached hydrogens (primary N) is 1. The largest absolute Gasteiger partial charge is 0.329 e. The predicted molar refractivity (Wildman–Crippen MR) is 75.7 cm³/mol. The van der Waals surface area contributed by atoms with Gasteiger partial charge in [0.15, 0.2) is 0 Å². The maximum atomic E-state index is 6.17. The summed E-state index contributed by atoms with van der Waals surface area (Å²) in [5.74, 6) is 0. The molecule has 0 aliphatic rings. The summed E-state index contributed by atoms with van der Waals surface area (Å²) in [7, 11) is 0. The minimum absolute atomic E-state index is 0.659. The third-order valence-electron chi connectivity index (χ3n) is 2.72. The third kappa shape index (κ3) is 4.84. The normalized spacial score (nSPS) is 11.1. The van der Waals surface area contributed by atoms with Crippen LogP contribution in [0.5, 0.6) is 0 Å². The fourth-order valence-corrected chi connectivity index (χ4v) is 2.26. The Kier molecular flexibility index (Phi) is 6.90. The molecule has 0 aliphatic heterocycles. The van der Waals surface area contributed by atoms with Crippen molar-refractivity contribution in [3.8, 4) is 0 Å². The van der Waals surface area contributed by atoms with Crippen LogP contribution in [-0.4, -0.2) is 24.5 Å². The highest BCUT2D eigenvalue weighted by atomic mass is 35.5. The van der Waals surface area contributed by atoms with E-state index in [1.807, 2.05) is 18.2 Å². The Hall–Kier alpha value is -0.280. The molecule has 1 aromatic rings. The highest BCUT2D eigenvalue weighted by Gasteiger charge is 2.10. The van der Waals surface area contributed by atoms with Crippen molar-refractivity contribution < 1.29 is 0 Å². The Balaban J connectivity index is 2.70. The zero-order chi connectivity index (χ0) is 12.7. The van der Waals surface area contributed by atoms with Crippen molar-refractivity contribution >= 4 is 23.2 Å². The van der Waals surface area contributed by atoms with Crippen LogP contribution in [0.2, 0.25) is 10.0 Å². The molecule has 0 atom stereocenters. The molecule has 2 N–H and O–H groups in total. The maximum Gasteiger partial charge on any atom is 0.0465 e. The molecule has 0 heterocycles. The average Bonchev–Trinajstić information content (AvgIpc) is 2.31. The Morgan fingerprint density at radius 3 is 2.35 bits per heavy atom. The van der Waals surface area contributed by atoms with Gasteiger partial charge in [-0.2, -0.15) is 0 Å². The van der Waals surface area contributed by atoms with Crippen molar-refractivity contribution in [3.63, 3.8) is 0 Å². The van der Waals surface area contributed by atoms with Crippen LogP contribution >= 0.6 is 23.2 Å². The second kappa shape index (κ2) is 7.93. The van der Waals surface area contributed by atoms with E-state index in [2.05, 4.69) is 11.8 Å². The van der Waals surface area contributed by atoms with Crippen LogP contribution in [0.3, 0.4) is 0 Å². The Labute approximate surface area is 114 Å². The van der Waals surface area contributed by atoms with Crippen molar-refractivity contribution in [3.05, 3.63) is 33.8 Å². The molecule has 1 aromatic carbocycles. The molecule has 0 radical (unpaired) electrons. The number of hydrogen-bond acceptors (Lipinski definition) is 2. The predicted octanol–water partition coefficient (Wildman–Crippen LogP) is 3.55. The average molecular weight is 275 g/mol. The van der Waals surface area contributed by atoms with Crippen LogP contribution in [0.4, 0.5) is 0 Å². The summed E-state index contributed by atoms with van der Waals surface area (Å²) in [6.45, 7) is 5.53. The molecule has 96 valence electrons. The van der Waals surface area contributed by atoms with Crippen LogP contribution < -0.4 is 5.73 Å². The monoisotopic (exact) mass is 274 g/mol. The van der Waals surface area contributed by atoms with E-state index in [-0.39, 0.29) is 0 Å². The van der Waals surface area contributed by atoms with Gasteiger partial charge in [-0.15, -0.1) is 0 Å². The van der Waals surface area contributed by atoms with Gasteiger partial charge in [0, 0.05) is 35.2 Å². The van der Waals surface area contributed by atoms with Gasteiger partial charge in [-0.25, -0.2) is 0 Å². The number of hydrogen-bond donors (Lipinski definition) is 1. The zero-order valence-corrected chi connectivity index (χ0v) is 11.8. The minimum Gasteiger partial charge on any atom is -0.329 e. The van der Waals surface area contributed by atoms with Crippen LogP contribution in [0.1, 0.15) is 25.3 Å². The molecule has 4 heteroatoms. The fraction of sp³-hybridized carbons (Fsp3) is 0.538. The van der Waals surface area contributed by atoms with Crippen molar-refractivity contribution in [2.45, 2.75) is 26.3 Å². The van der Waals surface area contributed by atoms with E-state index in [0.717, 1.165) is 35.2 Å². The number of unbranched alkanes of at least 4 members (excludes halogenated alkanes) is 1. The Morgan fingerprint density at radius 1 is 1.18 bits per heavy atom. The van der Waals surface area contributed by atoms with E-state index in [1.54, 1.807) is 0 Å². The molecular weight excluding hydrogens is 255 g/mol. The van der Waals surface area contributed by atoms with E-state index in [0.29, 0.717) is 6.54 Å². The first-order chi connectivity index (χ1) is 8.19. The van der Waals surface area contributed by atoms with E-state index < -0.39 is 0 Å². The van der Waals surface area contributed by atoms with Crippen molar-refractivity contribution in [1.82, 2.24) is 4.90 Å². The second-order valence-corrected chi connectivity index (χ2v) is 4.93. The van der Waals surface area contributed by atoms with Crippen LogP contribution in [-0.2, 0) is 6.54 Å². The molecule has 0 saturated carbocycles. The standard InChI is InChI=1S/C13H20Cl2N2/c1-2-3-8-17(9-7-16)10-11-12(14)5-4-6-13(11)15/h4-6H,2-3,7-10,16H2,1H3. The first kappa shape index (κ1) is 14.8. The molecule has 0 bridgehead atoms. The van der Waals surface area contributed by atoms with E-state index in [9.17, 15) is 0 Å². The van der Waals surface area contributed by atoms with Crippen LogP contribution in [0.15, 0.2) is 18.2 Å². The summed E-state index contributed by atoms with van der Waals surface area (Å²) >= 11 is 12.3. The second-order valence-electron chi connectivity index (χ2n) is 4.12. The summed E-state index contributed by atoms with van der Waals surface area (Å²) in [6.07, 6.45) is 2.35. The van der Waals surface area contributed by atoms with Gasteiger partial charge < -0.3 is 5.73 Å². The molecule has 0 aromatic heterocycles. The van der Waals surface area contributed by atoms with Gasteiger partial charge in [-0.1, -0.05) is 42.6 Å². The molecule has 0 amide bonds. The lowest BCUT2D eigenvalue weighted by Gasteiger charge is -2.22. The van der Waals surface area contributed by atoms with Crippen molar-refractivity contribution in [1.29, 1.82) is 0 Å². The summed E-state index contributed by atoms with van der Waals surface area (Å²) in [5, 5.41) is 1.46. The molecule has 0 aliphatic carbocycles. The number of nitrogens with zero attached hydrogens (tertiary/aromatic N) is 1. The van der Waals surface area contributed by atoms with Gasteiger partial charge in [-0.3, -0.25) is 4.90 Å². The highest BCUT2D eigenvalue weighted by molar-refractivity contribution is 6.35. The molecule has 0 saturated heterocycles. The number of benzene rings is 1. The fourth-order valence-electron chi connectivity index (χ4n) is 1.74. The first-order valence-corrected chi connectivity index (χ1v) is 6.80. The zero-order valence-electron chi connectivity index (χ0n) is 10.3. The van der Waals surface area contributed by atoms with Crippen LogP contribution in [0, 0.1) is 0 Å². The van der Waals surface area contributed by atoms with Gasteiger partial charge >= 0.3 is 0 Å². The van der Waals surface area contributed by atoms with Gasteiger partial charge in [-0.05, 0) is 25.1 Å². The Morgan fingerprint density at radius 2 is 1.82 bits per heavy atom. The van der Waals surface area contributed by atoms with Gasteiger partial charge in [0.25, 0.3) is 0 Å². The Bertz CT molecular complexity index is 322. The SMILES string of the molecule is CCCCN(CCN)Cc1c(Cl)cccc1Cl. The molecule has 0 spiro atoms. The van der Waals surface area contributed by atoms with Gasteiger partial charge in [0.2, 0.25) is 0 Å². The van der Waals surface area contributed by atoms with E-state index in [4.69, 9.17) is 28.9 Å². The third-order valence-corrected chi connectivity index (χ3v) is 3.42. The molecule has 0 unspecified atom stereocenters. The molecular formula is C13H20Cl2N2. The molecule has 2 nitrogen and oxygen atoms in total. The van der Waals surface area contributed by atoms with Gasteiger partial charge in [0.05, 0.1) is 0 Å². The first-order valence-electron chi connectivity index (χ1n) is 6.04. The highest BCUT2D eigenvalue weighted by Crippen LogP contribution is 2.25. The van der Waals surface area contributed by atoms with Crippen molar-refractivity contribution in [2.75, 3.05) is 19.6 Å². The topological polar surface area (TPSA) is 29.3 Å². The molecule has 17 heavy (non-hydrogen) atoms. The number of halogens is 2. The summed E-state index contributed by atoms with van der Waals surface area (Å²) in [4.78, 5) is 2.30. The summed E-state index contributed by atoms with van der Waals surface area (Å²) < 4.78 is 0. The maximum absolute atomic E-state index is 6.17. The lowest BCUT2D eigenvalue weighted by Crippen LogP contribution is -2.30. The molecule has 0 fully saturated rings. The van der Waals surface area contributed by atoms with E-state index >= 15 is 0 Å². The smallest absolute Gasteiger partial charge is 0.0465 e. The summed E-state index contributed by atoms with van der Waals surface area (Å²) in [6, 6.07) is 5.62. The van der Waals surface area contributed by atoms with Gasteiger partial charge in [0.1, 0.15) is 0 Å². The minimum atomic E-state index is 0.659. The number of rotatable bonds is 7. The quantitative estimate of drug-likeness (QED) is 0.824. The molecule has 1 rings (SSSR count). The summed E-state index contributed by atoms with van der Waals surface area (Å²) in [5.41, 5.74) is 6.62. The lowest BCUT2D eigenvalue weighted by molar-refractivity contribution is 0.268. The van der Waals surface area contributed by atoms with Crippen LogP contribution in [0.25, 0.3) is 0 Å². The lowest BCUT2D eigenvalue weighted by atomic mass is 10.2. The van der Waals surface area contributed by atoms with E-state index in [1.165, 1.54) is 12.8 Å². The van der Waals surface area contributed by atoms with Crippen molar-refractivity contribution in [2.24, 2.45) is 5.73 Å².